The van der Waals surface area contributed by atoms with Crippen molar-refractivity contribution in [3.05, 3.63) is 34.1 Å². The van der Waals surface area contributed by atoms with Crippen molar-refractivity contribution >= 4 is 15.9 Å². The molecule has 1 aliphatic carbocycles. The normalized spacial score (nSPS) is 27.2. The van der Waals surface area contributed by atoms with Crippen molar-refractivity contribution in [2.45, 2.75) is 51.6 Å². The first-order valence-electron chi connectivity index (χ1n) is 6.50. The summed E-state index contributed by atoms with van der Waals surface area (Å²) in [6.45, 7) is 4.26. The zero-order valence-electron chi connectivity index (χ0n) is 11.0. The minimum Gasteiger partial charge on any atom is -0.389 e. The summed E-state index contributed by atoms with van der Waals surface area (Å²) in [5, 5.41) is 10.9. The lowest BCUT2D eigenvalue weighted by atomic mass is 9.63. The van der Waals surface area contributed by atoms with E-state index in [-0.39, 0.29) is 11.2 Å². The highest BCUT2D eigenvalue weighted by Gasteiger charge is 2.45. The fraction of sp³-hybridized carbons (Fsp3) is 0.600. The molecule has 1 unspecified atom stereocenters. The second-order valence-corrected chi connectivity index (χ2v) is 6.89. The molecular formula is C15H20BrFO. The molecule has 1 aliphatic rings. The third-order valence-corrected chi connectivity index (χ3v) is 5.14. The first kappa shape index (κ1) is 14.0. The van der Waals surface area contributed by atoms with Gasteiger partial charge in [0.2, 0.25) is 0 Å². The summed E-state index contributed by atoms with van der Waals surface area (Å²) in [7, 11) is 0. The van der Waals surface area contributed by atoms with Crippen LogP contribution in [0.5, 0.6) is 0 Å². The van der Waals surface area contributed by atoms with E-state index in [2.05, 4.69) is 29.8 Å². The van der Waals surface area contributed by atoms with Crippen LogP contribution in [0.1, 0.15) is 45.1 Å². The molecule has 0 aromatic heterocycles. The summed E-state index contributed by atoms with van der Waals surface area (Å²) in [4.78, 5) is 0. The molecule has 2 rings (SSSR count). The number of halogens is 2. The average molecular weight is 315 g/mol. The van der Waals surface area contributed by atoms with Crippen molar-refractivity contribution in [2.24, 2.45) is 5.41 Å². The Bertz CT molecular complexity index is 444. The summed E-state index contributed by atoms with van der Waals surface area (Å²) >= 11 is 3.38. The van der Waals surface area contributed by atoms with Gasteiger partial charge in [0.15, 0.2) is 0 Å². The predicted molar refractivity (Wildman–Crippen MR) is 75.0 cm³/mol. The molecule has 0 radical (unpaired) electrons. The molecule has 1 aromatic carbocycles. The highest BCUT2D eigenvalue weighted by atomic mass is 79.9. The zero-order chi connectivity index (χ0) is 13.4. The Kier molecular flexibility index (Phi) is 3.84. The van der Waals surface area contributed by atoms with Crippen molar-refractivity contribution in [3.63, 3.8) is 0 Å². The Balaban J connectivity index is 2.26. The number of rotatable bonds is 2. The fourth-order valence-electron chi connectivity index (χ4n) is 2.86. The third-order valence-electron chi connectivity index (χ3n) is 4.40. The topological polar surface area (TPSA) is 20.2 Å². The SMILES string of the molecule is CC1(C)CCCCC1(O)Cc1ccc(F)cc1Br. The average Bonchev–Trinajstić information content (AvgIpc) is 2.27. The van der Waals surface area contributed by atoms with E-state index >= 15 is 0 Å². The molecule has 1 saturated carbocycles. The molecule has 18 heavy (non-hydrogen) atoms. The van der Waals surface area contributed by atoms with E-state index < -0.39 is 5.60 Å². The second-order valence-electron chi connectivity index (χ2n) is 6.04. The first-order valence-corrected chi connectivity index (χ1v) is 7.30. The lowest BCUT2D eigenvalue weighted by Gasteiger charge is -2.47. The molecule has 1 aromatic rings. The Hall–Kier alpha value is -0.410. The van der Waals surface area contributed by atoms with Gasteiger partial charge in [-0.1, -0.05) is 48.7 Å². The van der Waals surface area contributed by atoms with E-state index in [9.17, 15) is 9.50 Å². The molecule has 0 heterocycles. The van der Waals surface area contributed by atoms with Crippen LogP contribution in [0.15, 0.2) is 22.7 Å². The molecule has 0 saturated heterocycles. The van der Waals surface area contributed by atoms with E-state index in [0.717, 1.165) is 29.3 Å². The maximum atomic E-state index is 13.1. The van der Waals surface area contributed by atoms with Gasteiger partial charge in [-0.25, -0.2) is 4.39 Å². The van der Waals surface area contributed by atoms with Crippen LogP contribution in [0.2, 0.25) is 0 Å². The number of hydrogen-bond donors (Lipinski definition) is 1. The predicted octanol–water partition coefficient (Wildman–Crippen LogP) is 4.46. The summed E-state index contributed by atoms with van der Waals surface area (Å²) in [5.74, 6) is -0.250. The molecule has 1 N–H and O–H groups in total. The lowest BCUT2D eigenvalue weighted by molar-refractivity contribution is -0.0959. The van der Waals surface area contributed by atoms with Gasteiger partial charge in [0, 0.05) is 10.9 Å². The van der Waals surface area contributed by atoms with Crippen LogP contribution in [-0.2, 0) is 6.42 Å². The van der Waals surface area contributed by atoms with Gasteiger partial charge in [-0.3, -0.25) is 0 Å². The minimum atomic E-state index is -0.689. The molecule has 100 valence electrons. The number of benzene rings is 1. The van der Waals surface area contributed by atoms with Gasteiger partial charge in [-0.15, -0.1) is 0 Å². The summed E-state index contributed by atoms with van der Waals surface area (Å²) in [5.41, 5.74) is 0.207. The smallest absolute Gasteiger partial charge is 0.124 e. The van der Waals surface area contributed by atoms with E-state index in [1.54, 1.807) is 6.07 Å². The number of aliphatic hydroxyl groups is 1. The van der Waals surface area contributed by atoms with Gasteiger partial charge >= 0.3 is 0 Å². The molecule has 0 aliphatic heterocycles. The second kappa shape index (κ2) is 4.93. The van der Waals surface area contributed by atoms with Crippen LogP contribution in [-0.4, -0.2) is 10.7 Å². The quantitative estimate of drug-likeness (QED) is 0.854. The van der Waals surface area contributed by atoms with E-state index in [1.165, 1.54) is 18.6 Å². The van der Waals surface area contributed by atoms with Gasteiger partial charge in [-0.2, -0.15) is 0 Å². The van der Waals surface area contributed by atoms with Crippen LogP contribution in [0.4, 0.5) is 4.39 Å². The van der Waals surface area contributed by atoms with Gasteiger partial charge < -0.3 is 5.11 Å². The Morgan fingerprint density at radius 3 is 2.56 bits per heavy atom. The van der Waals surface area contributed by atoms with Gasteiger partial charge in [0.1, 0.15) is 5.82 Å². The van der Waals surface area contributed by atoms with Crippen molar-refractivity contribution in [1.29, 1.82) is 0 Å². The molecule has 1 fully saturated rings. The van der Waals surface area contributed by atoms with Crippen LogP contribution < -0.4 is 0 Å². The van der Waals surface area contributed by atoms with Crippen LogP contribution in [0.3, 0.4) is 0 Å². The summed E-state index contributed by atoms with van der Waals surface area (Å²) in [6, 6.07) is 4.69. The van der Waals surface area contributed by atoms with Crippen molar-refractivity contribution in [1.82, 2.24) is 0 Å². The zero-order valence-corrected chi connectivity index (χ0v) is 12.6. The Labute approximate surface area is 117 Å². The molecule has 0 spiro atoms. The van der Waals surface area contributed by atoms with E-state index in [0.29, 0.717) is 6.42 Å². The lowest BCUT2D eigenvalue weighted by Crippen LogP contribution is -2.48. The highest BCUT2D eigenvalue weighted by Crippen LogP contribution is 2.46. The van der Waals surface area contributed by atoms with Gasteiger partial charge in [0.25, 0.3) is 0 Å². The largest absolute Gasteiger partial charge is 0.389 e. The molecule has 0 amide bonds. The van der Waals surface area contributed by atoms with Crippen LogP contribution >= 0.6 is 15.9 Å². The van der Waals surface area contributed by atoms with Crippen LogP contribution in [0, 0.1) is 11.2 Å². The van der Waals surface area contributed by atoms with Gasteiger partial charge in [-0.05, 0) is 36.0 Å². The Morgan fingerprint density at radius 2 is 1.94 bits per heavy atom. The summed E-state index contributed by atoms with van der Waals surface area (Å²) in [6.07, 6.45) is 4.70. The minimum absolute atomic E-state index is 0.0842. The fourth-order valence-corrected chi connectivity index (χ4v) is 3.35. The standard InChI is InChI=1S/C15H20BrFO/c1-14(2)7-3-4-8-15(14,18)10-11-5-6-12(17)9-13(11)16/h5-6,9,18H,3-4,7-8,10H2,1-2H3. The van der Waals surface area contributed by atoms with Crippen molar-refractivity contribution in [2.75, 3.05) is 0 Å². The monoisotopic (exact) mass is 314 g/mol. The molecule has 3 heteroatoms. The van der Waals surface area contributed by atoms with Crippen LogP contribution in [0.25, 0.3) is 0 Å². The van der Waals surface area contributed by atoms with Crippen molar-refractivity contribution in [3.8, 4) is 0 Å². The number of hydrogen-bond acceptors (Lipinski definition) is 1. The van der Waals surface area contributed by atoms with Gasteiger partial charge in [0.05, 0.1) is 5.60 Å². The first-order chi connectivity index (χ1) is 8.34. The molecule has 1 atom stereocenters. The Morgan fingerprint density at radius 1 is 1.28 bits per heavy atom. The third kappa shape index (κ3) is 2.62. The summed E-state index contributed by atoms with van der Waals surface area (Å²) < 4.78 is 13.8. The molecular weight excluding hydrogens is 295 g/mol. The van der Waals surface area contributed by atoms with E-state index in [1.807, 2.05) is 0 Å². The highest BCUT2D eigenvalue weighted by molar-refractivity contribution is 9.10. The van der Waals surface area contributed by atoms with Crippen molar-refractivity contribution < 1.29 is 9.50 Å². The maximum Gasteiger partial charge on any atom is 0.124 e. The van der Waals surface area contributed by atoms with E-state index in [4.69, 9.17) is 0 Å². The molecule has 0 bridgehead atoms. The molecule has 1 nitrogen and oxygen atoms in total. The maximum absolute atomic E-state index is 13.1.